The molecule has 0 heterocycles. The molecule has 0 bridgehead atoms. The summed E-state index contributed by atoms with van der Waals surface area (Å²) in [7, 11) is 0. The average molecular weight is 306 g/mol. The fraction of sp³-hybridized carbons (Fsp3) is 0.0769. The molecule has 0 fully saturated rings. The maximum absolute atomic E-state index is 6.15. The number of rotatable bonds is 2. The molecule has 5 heteroatoms. The summed E-state index contributed by atoms with van der Waals surface area (Å²) < 4.78 is 0. The van der Waals surface area contributed by atoms with Crippen LogP contribution in [-0.4, -0.2) is 0 Å². The fourth-order valence-corrected chi connectivity index (χ4v) is 1.84. The van der Waals surface area contributed by atoms with E-state index in [0.29, 0.717) is 10.7 Å². The summed E-state index contributed by atoms with van der Waals surface area (Å²) in [6.45, 7) is 0. The van der Waals surface area contributed by atoms with Gasteiger partial charge in [-0.15, -0.1) is 24.8 Å². The molecule has 1 atom stereocenters. The normalized spacial score (nSPS) is 11.0. The van der Waals surface area contributed by atoms with Crippen molar-refractivity contribution >= 4 is 42.1 Å². The Morgan fingerprint density at radius 1 is 0.944 bits per heavy atom. The molecule has 2 aromatic carbocycles. The Hall–Kier alpha value is -0.930. The fourth-order valence-electron chi connectivity index (χ4n) is 1.65. The molecule has 2 aromatic rings. The second-order valence-corrected chi connectivity index (χ2v) is 4.10. The molecule has 98 valence electrons. The van der Waals surface area contributed by atoms with Crippen molar-refractivity contribution in [3.8, 4) is 0 Å². The highest BCUT2D eigenvalue weighted by molar-refractivity contribution is 6.30. The number of nitrogen functional groups attached to an aromatic ring is 1. The van der Waals surface area contributed by atoms with Gasteiger partial charge in [0, 0.05) is 10.7 Å². The lowest BCUT2D eigenvalue weighted by atomic mass is 9.98. The van der Waals surface area contributed by atoms with Gasteiger partial charge in [0.15, 0.2) is 0 Å². The van der Waals surface area contributed by atoms with Gasteiger partial charge in [0.05, 0.1) is 6.04 Å². The van der Waals surface area contributed by atoms with Crippen molar-refractivity contribution < 1.29 is 0 Å². The minimum Gasteiger partial charge on any atom is -0.398 e. The lowest BCUT2D eigenvalue weighted by Gasteiger charge is -2.15. The molecule has 2 nitrogen and oxygen atoms in total. The van der Waals surface area contributed by atoms with Gasteiger partial charge in [0.2, 0.25) is 0 Å². The van der Waals surface area contributed by atoms with E-state index in [9.17, 15) is 0 Å². The van der Waals surface area contributed by atoms with E-state index in [2.05, 4.69) is 0 Å². The minimum absolute atomic E-state index is 0. The topological polar surface area (TPSA) is 52.0 Å². The molecule has 0 amide bonds. The number of anilines is 1. The molecular weight excluding hydrogens is 291 g/mol. The predicted octanol–water partition coefficient (Wildman–Crippen LogP) is 3.81. The molecule has 18 heavy (non-hydrogen) atoms. The first-order valence-electron chi connectivity index (χ1n) is 5.04. The Bertz CT molecular complexity index is 489. The molecule has 0 saturated carbocycles. The lowest BCUT2D eigenvalue weighted by molar-refractivity contribution is 0.875. The second kappa shape index (κ2) is 7.49. The lowest BCUT2D eigenvalue weighted by Crippen LogP contribution is -2.13. The number of halogens is 3. The SMILES string of the molecule is Cl.Cl.Nc1ccc(Cl)cc1C(N)c1ccccc1. The van der Waals surface area contributed by atoms with Gasteiger partial charge in [-0.25, -0.2) is 0 Å². The molecule has 0 saturated heterocycles. The van der Waals surface area contributed by atoms with E-state index in [1.807, 2.05) is 36.4 Å². The van der Waals surface area contributed by atoms with E-state index < -0.39 is 0 Å². The Morgan fingerprint density at radius 3 is 2.17 bits per heavy atom. The van der Waals surface area contributed by atoms with Crippen molar-refractivity contribution in [2.45, 2.75) is 6.04 Å². The highest BCUT2D eigenvalue weighted by Crippen LogP contribution is 2.27. The zero-order chi connectivity index (χ0) is 11.5. The predicted molar refractivity (Wildman–Crippen MR) is 82.8 cm³/mol. The number of hydrogen-bond donors (Lipinski definition) is 2. The number of hydrogen-bond acceptors (Lipinski definition) is 2. The van der Waals surface area contributed by atoms with Crippen LogP contribution in [0.4, 0.5) is 5.69 Å². The first-order valence-corrected chi connectivity index (χ1v) is 5.42. The smallest absolute Gasteiger partial charge is 0.0572 e. The van der Waals surface area contributed by atoms with Gasteiger partial charge in [0.25, 0.3) is 0 Å². The third-order valence-electron chi connectivity index (χ3n) is 2.54. The first kappa shape index (κ1) is 17.1. The molecule has 0 aliphatic heterocycles. The first-order chi connectivity index (χ1) is 7.68. The minimum atomic E-state index is -0.236. The Labute approximate surface area is 124 Å². The van der Waals surface area contributed by atoms with Crippen LogP contribution in [0.3, 0.4) is 0 Å². The summed E-state index contributed by atoms with van der Waals surface area (Å²) in [5.41, 5.74) is 14.6. The van der Waals surface area contributed by atoms with Crippen LogP contribution < -0.4 is 11.5 Å². The summed E-state index contributed by atoms with van der Waals surface area (Å²) in [4.78, 5) is 0. The van der Waals surface area contributed by atoms with Crippen molar-refractivity contribution in [1.29, 1.82) is 0 Å². The second-order valence-electron chi connectivity index (χ2n) is 3.66. The Morgan fingerprint density at radius 2 is 1.56 bits per heavy atom. The summed E-state index contributed by atoms with van der Waals surface area (Å²) in [5, 5.41) is 0.649. The molecule has 4 N–H and O–H groups in total. The molecule has 1 unspecified atom stereocenters. The molecule has 0 spiro atoms. The maximum Gasteiger partial charge on any atom is 0.0572 e. The van der Waals surface area contributed by atoms with E-state index in [1.54, 1.807) is 12.1 Å². The average Bonchev–Trinajstić information content (AvgIpc) is 2.32. The van der Waals surface area contributed by atoms with Crippen LogP contribution in [0.25, 0.3) is 0 Å². The van der Waals surface area contributed by atoms with Gasteiger partial charge < -0.3 is 11.5 Å². The van der Waals surface area contributed by atoms with E-state index in [1.165, 1.54) is 0 Å². The highest BCUT2D eigenvalue weighted by Gasteiger charge is 2.11. The summed E-state index contributed by atoms with van der Waals surface area (Å²) >= 11 is 5.94. The van der Waals surface area contributed by atoms with Gasteiger partial charge in [0.1, 0.15) is 0 Å². The Kier molecular flexibility index (Phi) is 7.11. The molecular formula is C13H15Cl3N2. The summed E-state index contributed by atoms with van der Waals surface area (Å²) in [6, 6.07) is 14.9. The summed E-state index contributed by atoms with van der Waals surface area (Å²) in [5.74, 6) is 0. The van der Waals surface area contributed by atoms with E-state index >= 15 is 0 Å². The third kappa shape index (κ3) is 3.79. The monoisotopic (exact) mass is 304 g/mol. The highest BCUT2D eigenvalue weighted by atomic mass is 35.5. The van der Waals surface area contributed by atoms with Crippen LogP contribution >= 0.6 is 36.4 Å². The van der Waals surface area contributed by atoms with Gasteiger partial charge >= 0.3 is 0 Å². The molecule has 2 rings (SSSR count). The Balaban J connectivity index is 0.00000144. The van der Waals surface area contributed by atoms with Crippen molar-refractivity contribution in [2.75, 3.05) is 5.73 Å². The molecule has 0 radical (unpaired) electrons. The van der Waals surface area contributed by atoms with Crippen molar-refractivity contribution in [3.05, 3.63) is 64.7 Å². The van der Waals surface area contributed by atoms with Crippen molar-refractivity contribution in [3.63, 3.8) is 0 Å². The quantitative estimate of drug-likeness (QED) is 0.829. The summed E-state index contributed by atoms with van der Waals surface area (Å²) in [6.07, 6.45) is 0. The standard InChI is InChI=1S/C13H13ClN2.2ClH/c14-10-6-7-12(15)11(8-10)13(16)9-4-2-1-3-5-9;;/h1-8,13H,15-16H2;2*1H. The van der Waals surface area contributed by atoms with E-state index in [0.717, 1.165) is 11.1 Å². The van der Waals surface area contributed by atoms with Crippen molar-refractivity contribution in [2.24, 2.45) is 5.73 Å². The van der Waals surface area contributed by atoms with Crippen LogP contribution in [-0.2, 0) is 0 Å². The van der Waals surface area contributed by atoms with Crippen LogP contribution in [0.2, 0.25) is 5.02 Å². The third-order valence-corrected chi connectivity index (χ3v) is 2.78. The van der Waals surface area contributed by atoms with Crippen LogP contribution in [0, 0.1) is 0 Å². The zero-order valence-corrected chi connectivity index (χ0v) is 11.9. The van der Waals surface area contributed by atoms with Gasteiger partial charge in [-0.1, -0.05) is 41.9 Å². The zero-order valence-electron chi connectivity index (χ0n) is 9.55. The number of benzene rings is 2. The van der Waals surface area contributed by atoms with Crippen molar-refractivity contribution in [1.82, 2.24) is 0 Å². The van der Waals surface area contributed by atoms with Gasteiger partial charge in [-0.3, -0.25) is 0 Å². The van der Waals surface area contributed by atoms with E-state index in [4.69, 9.17) is 23.1 Å². The number of nitrogens with two attached hydrogens (primary N) is 2. The molecule has 0 aromatic heterocycles. The van der Waals surface area contributed by atoms with Gasteiger partial charge in [-0.2, -0.15) is 0 Å². The van der Waals surface area contributed by atoms with Crippen LogP contribution in [0.1, 0.15) is 17.2 Å². The van der Waals surface area contributed by atoms with Crippen LogP contribution in [0.15, 0.2) is 48.5 Å². The van der Waals surface area contributed by atoms with Gasteiger partial charge in [-0.05, 0) is 29.3 Å². The van der Waals surface area contributed by atoms with Crippen LogP contribution in [0.5, 0.6) is 0 Å². The van der Waals surface area contributed by atoms with E-state index in [-0.39, 0.29) is 30.9 Å². The molecule has 0 aliphatic carbocycles. The molecule has 0 aliphatic rings. The largest absolute Gasteiger partial charge is 0.398 e. The maximum atomic E-state index is 6.15.